The minimum Gasteiger partial charge on any atom is -0.369 e. The summed E-state index contributed by atoms with van der Waals surface area (Å²) in [4.78, 5) is 11.5. The van der Waals surface area contributed by atoms with Crippen molar-refractivity contribution >= 4 is 17.6 Å². The predicted molar refractivity (Wildman–Crippen MR) is 68.8 cm³/mol. The normalized spacial score (nSPS) is 9.29. The number of hydrogen-bond acceptors (Lipinski definition) is 2. The van der Waals surface area contributed by atoms with Crippen molar-refractivity contribution in [3.8, 4) is 12.0 Å². The maximum absolute atomic E-state index is 11.5. The summed E-state index contributed by atoms with van der Waals surface area (Å²) in [6.45, 7) is 2.13. The third-order valence-corrected chi connectivity index (χ3v) is 2.45. The first-order chi connectivity index (χ1) is 8.24. The van der Waals surface area contributed by atoms with E-state index in [2.05, 4.69) is 19.0 Å². The van der Waals surface area contributed by atoms with Crippen molar-refractivity contribution < 1.29 is 9.53 Å². The second-order valence-corrected chi connectivity index (χ2v) is 4.07. The Kier molecular flexibility index (Phi) is 6.21. The molecule has 0 aromatic heterocycles. The third-order valence-electron chi connectivity index (χ3n) is 2.20. The maximum atomic E-state index is 11.5. The van der Waals surface area contributed by atoms with Crippen LogP contribution in [0.5, 0.6) is 0 Å². The first-order valence-corrected chi connectivity index (χ1v) is 6.06. The van der Waals surface area contributed by atoms with Gasteiger partial charge in [-0.1, -0.05) is 37.3 Å². The molecule has 90 valence electrons. The minimum atomic E-state index is -0.440. The quantitative estimate of drug-likeness (QED) is 0.458. The van der Waals surface area contributed by atoms with Crippen molar-refractivity contribution in [2.75, 3.05) is 0 Å². The van der Waals surface area contributed by atoms with Crippen LogP contribution in [0.4, 0.5) is 0 Å². The Labute approximate surface area is 107 Å². The van der Waals surface area contributed by atoms with Gasteiger partial charge in [-0.05, 0) is 30.7 Å². The first kappa shape index (κ1) is 13.6. The highest BCUT2D eigenvalue weighted by Crippen LogP contribution is 2.10. The lowest BCUT2D eigenvalue weighted by Crippen LogP contribution is -2.00. The molecule has 0 N–H and O–H groups in total. The Morgan fingerprint density at radius 1 is 1.29 bits per heavy atom. The summed E-state index contributed by atoms with van der Waals surface area (Å²) in [5.74, 6) is 2.37. The van der Waals surface area contributed by atoms with E-state index in [1.54, 1.807) is 24.3 Å². The molecule has 0 saturated heterocycles. The van der Waals surface area contributed by atoms with Crippen LogP contribution < -0.4 is 0 Å². The summed E-state index contributed by atoms with van der Waals surface area (Å²) < 4.78 is 4.81. The summed E-state index contributed by atoms with van der Waals surface area (Å²) >= 11 is 5.71. The summed E-state index contributed by atoms with van der Waals surface area (Å²) in [6, 6.07) is 6.52. The standard InChI is InChI=1S/C14H15ClO2/c1-2-3-4-5-6-11-17-14(16)12-7-9-13(15)10-8-12/h7-10H,2-5H2,1H3. The van der Waals surface area contributed by atoms with Gasteiger partial charge in [-0.3, -0.25) is 0 Å². The Balaban J connectivity index is 2.36. The largest absolute Gasteiger partial charge is 0.369 e. The molecular weight excluding hydrogens is 236 g/mol. The number of benzene rings is 1. The number of ether oxygens (including phenoxy) is 1. The van der Waals surface area contributed by atoms with Gasteiger partial charge in [0.15, 0.2) is 0 Å². The van der Waals surface area contributed by atoms with Gasteiger partial charge in [-0.25, -0.2) is 4.79 Å². The van der Waals surface area contributed by atoms with Crippen molar-refractivity contribution in [2.24, 2.45) is 0 Å². The van der Waals surface area contributed by atoms with Gasteiger partial charge in [0.05, 0.1) is 5.56 Å². The molecule has 0 spiro atoms. The van der Waals surface area contributed by atoms with Crippen molar-refractivity contribution in [1.82, 2.24) is 0 Å². The predicted octanol–water partition coefficient (Wildman–Crippen LogP) is 4.04. The number of hydrogen-bond donors (Lipinski definition) is 0. The van der Waals surface area contributed by atoms with Gasteiger partial charge in [0.2, 0.25) is 0 Å². The fraction of sp³-hybridized carbons (Fsp3) is 0.357. The van der Waals surface area contributed by atoms with Crippen LogP contribution in [0.25, 0.3) is 0 Å². The molecule has 1 aromatic rings. The second kappa shape index (κ2) is 7.76. The average molecular weight is 251 g/mol. The molecule has 0 saturated carbocycles. The molecule has 0 bridgehead atoms. The molecule has 17 heavy (non-hydrogen) atoms. The monoisotopic (exact) mass is 250 g/mol. The van der Waals surface area contributed by atoms with E-state index in [4.69, 9.17) is 16.3 Å². The van der Waals surface area contributed by atoms with Gasteiger partial charge >= 0.3 is 5.97 Å². The van der Waals surface area contributed by atoms with Gasteiger partial charge in [-0.15, -0.1) is 0 Å². The van der Waals surface area contributed by atoms with E-state index >= 15 is 0 Å². The molecule has 0 aliphatic rings. The number of halogens is 1. The average Bonchev–Trinajstić information content (AvgIpc) is 2.34. The van der Waals surface area contributed by atoms with Crippen LogP contribution in [-0.2, 0) is 4.74 Å². The summed E-state index contributed by atoms with van der Waals surface area (Å²) in [6.07, 6.45) is 6.55. The molecule has 3 heteroatoms. The van der Waals surface area contributed by atoms with E-state index in [-0.39, 0.29) is 0 Å². The van der Waals surface area contributed by atoms with Crippen LogP contribution in [0.2, 0.25) is 5.02 Å². The fourth-order valence-electron chi connectivity index (χ4n) is 1.24. The molecule has 1 aromatic carbocycles. The molecule has 2 nitrogen and oxygen atoms in total. The lowest BCUT2D eigenvalue weighted by molar-refractivity contribution is 0.0690. The molecule has 0 radical (unpaired) electrons. The zero-order valence-corrected chi connectivity index (χ0v) is 10.6. The molecular formula is C14H15ClO2. The molecule has 0 amide bonds. The number of esters is 1. The van der Waals surface area contributed by atoms with E-state index in [9.17, 15) is 4.79 Å². The zero-order chi connectivity index (χ0) is 12.5. The Hall–Kier alpha value is -1.46. The van der Waals surface area contributed by atoms with Crippen LogP contribution in [0.1, 0.15) is 43.0 Å². The highest BCUT2D eigenvalue weighted by molar-refractivity contribution is 6.30. The van der Waals surface area contributed by atoms with Crippen LogP contribution in [0.3, 0.4) is 0 Å². The number of carbonyl (C=O) groups excluding carboxylic acids is 1. The second-order valence-electron chi connectivity index (χ2n) is 3.63. The first-order valence-electron chi connectivity index (χ1n) is 5.68. The maximum Gasteiger partial charge on any atom is 0.352 e. The Bertz CT molecular complexity index is 412. The van der Waals surface area contributed by atoms with Crippen LogP contribution in [0.15, 0.2) is 24.3 Å². The molecule has 0 fully saturated rings. The highest BCUT2D eigenvalue weighted by atomic mass is 35.5. The smallest absolute Gasteiger partial charge is 0.352 e. The number of rotatable bonds is 4. The van der Waals surface area contributed by atoms with E-state index in [0.717, 1.165) is 25.7 Å². The fourth-order valence-corrected chi connectivity index (χ4v) is 1.37. The van der Waals surface area contributed by atoms with Crippen molar-refractivity contribution in [3.05, 3.63) is 34.9 Å². The van der Waals surface area contributed by atoms with Crippen LogP contribution >= 0.6 is 11.6 Å². The summed E-state index contributed by atoms with van der Waals surface area (Å²) in [5.41, 5.74) is 0.456. The molecule has 0 aliphatic heterocycles. The number of unbranched alkanes of at least 4 members (excludes halogenated alkanes) is 3. The number of carbonyl (C=O) groups is 1. The van der Waals surface area contributed by atoms with Crippen molar-refractivity contribution in [2.45, 2.75) is 32.6 Å². The topological polar surface area (TPSA) is 26.3 Å². The lowest BCUT2D eigenvalue weighted by atomic mass is 10.2. The Morgan fingerprint density at radius 3 is 2.65 bits per heavy atom. The van der Waals surface area contributed by atoms with Crippen molar-refractivity contribution in [1.29, 1.82) is 0 Å². The lowest BCUT2D eigenvalue weighted by Gasteiger charge is -1.96. The van der Waals surface area contributed by atoms with E-state index in [0.29, 0.717) is 10.6 Å². The van der Waals surface area contributed by atoms with Gasteiger partial charge < -0.3 is 4.74 Å². The van der Waals surface area contributed by atoms with Gasteiger partial charge in [-0.2, -0.15) is 0 Å². The molecule has 0 aliphatic carbocycles. The molecule has 0 unspecified atom stereocenters. The minimum absolute atomic E-state index is 0.440. The van der Waals surface area contributed by atoms with Crippen LogP contribution in [0, 0.1) is 12.0 Å². The van der Waals surface area contributed by atoms with Gasteiger partial charge in [0.1, 0.15) is 6.11 Å². The van der Waals surface area contributed by atoms with E-state index in [1.807, 2.05) is 0 Å². The molecule has 1 rings (SSSR count). The van der Waals surface area contributed by atoms with Gasteiger partial charge in [0.25, 0.3) is 0 Å². The third kappa shape index (κ3) is 5.42. The SMILES string of the molecule is CCCCCC#COC(=O)c1ccc(Cl)cc1. The van der Waals surface area contributed by atoms with Crippen LogP contribution in [-0.4, -0.2) is 5.97 Å². The molecule has 0 heterocycles. The summed E-state index contributed by atoms with van der Waals surface area (Å²) in [7, 11) is 0. The van der Waals surface area contributed by atoms with Crippen molar-refractivity contribution in [3.63, 3.8) is 0 Å². The van der Waals surface area contributed by atoms with Gasteiger partial charge in [0, 0.05) is 11.4 Å². The molecule has 0 atom stereocenters. The zero-order valence-electron chi connectivity index (χ0n) is 9.83. The van der Waals surface area contributed by atoms with E-state index in [1.165, 1.54) is 0 Å². The Morgan fingerprint density at radius 2 is 2.00 bits per heavy atom. The highest BCUT2D eigenvalue weighted by Gasteiger charge is 2.04. The summed E-state index contributed by atoms with van der Waals surface area (Å²) in [5, 5.41) is 0.590. The van der Waals surface area contributed by atoms with E-state index < -0.39 is 5.97 Å².